The summed E-state index contributed by atoms with van der Waals surface area (Å²) in [5, 5.41) is 17.6. The Balaban J connectivity index is 2.42. The molecule has 1 saturated heterocycles. The number of ether oxygens (including phenoxy) is 1. The molecule has 3 heteroatoms. The standard InChI is InChI=1S/C7H11NO2/c1-5-7(9)3-2-6(4-8)10-5/h5-7,9H,2-3H2,1H3/t5-,6+,7+/m0/s1. The third-order valence-corrected chi connectivity index (χ3v) is 1.79. The molecule has 3 atom stereocenters. The molecule has 3 nitrogen and oxygen atoms in total. The van der Waals surface area contributed by atoms with E-state index in [2.05, 4.69) is 0 Å². The lowest BCUT2D eigenvalue weighted by molar-refractivity contribution is -0.0883. The SMILES string of the molecule is C[C@@H]1O[C@@H](C#N)CC[C@H]1O. The van der Waals surface area contributed by atoms with Crippen molar-refractivity contribution in [1.82, 2.24) is 0 Å². The van der Waals surface area contributed by atoms with Crippen molar-refractivity contribution in [2.75, 3.05) is 0 Å². The smallest absolute Gasteiger partial charge is 0.144 e. The molecule has 56 valence electrons. The molecule has 0 unspecified atom stereocenters. The molecule has 0 amide bonds. The first-order chi connectivity index (χ1) is 4.74. The Morgan fingerprint density at radius 1 is 1.60 bits per heavy atom. The van der Waals surface area contributed by atoms with Crippen LogP contribution in [0.25, 0.3) is 0 Å². The van der Waals surface area contributed by atoms with Gasteiger partial charge in [-0.25, -0.2) is 0 Å². The normalized spacial score (nSPS) is 40.7. The second kappa shape index (κ2) is 3.00. The molecule has 0 saturated carbocycles. The highest BCUT2D eigenvalue weighted by Gasteiger charge is 2.25. The maximum Gasteiger partial charge on any atom is 0.144 e. The van der Waals surface area contributed by atoms with Crippen LogP contribution in [0.1, 0.15) is 19.8 Å². The second-order valence-corrected chi connectivity index (χ2v) is 2.60. The Kier molecular flexibility index (Phi) is 2.25. The molecule has 0 bridgehead atoms. The maximum atomic E-state index is 9.16. The molecule has 1 aliphatic rings. The number of rotatable bonds is 0. The van der Waals surface area contributed by atoms with Crippen LogP contribution in [0.3, 0.4) is 0 Å². The fourth-order valence-corrected chi connectivity index (χ4v) is 1.07. The van der Waals surface area contributed by atoms with E-state index in [4.69, 9.17) is 15.1 Å². The molecule has 0 radical (unpaired) electrons. The van der Waals surface area contributed by atoms with Crippen molar-refractivity contribution in [1.29, 1.82) is 5.26 Å². The minimum Gasteiger partial charge on any atom is -0.390 e. The number of aliphatic hydroxyl groups excluding tert-OH is 1. The largest absolute Gasteiger partial charge is 0.390 e. The number of hydrogen-bond acceptors (Lipinski definition) is 3. The van der Waals surface area contributed by atoms with E-state index in [1.54, 1.807) is 6.92 Å². The van der Waals surface area contributed by atoms with Gasteiger partial charge in [0.1, 0.15) is 6.10 Å². The van der Waals surface area contributed by atoms with Gasteiger partial charge in [0.25, 0.3) is 0 Å². The van der Waals surface area contributed by atoms with Gasteiger partial charge in [0.15, 0.2) is 0 Å². The molecular formula is C7H11NO2. The van der Waals surface area contributed by atoms with E-state index in [-0.39, 0.29) is 18.3 Å². The first-order valence-corrected chi connectivity index (χ1v) is 3.47. The van der Waals surface area contributed by atoms with Crippen molar-refractivity contribution in [2.24, 2.45) is 0 Å². The Morgan fingerprint density at radius 3 is 2.80 bits per heavy atom. The molecule has 1 fully saturated rings. The van der Waals surface area contributed by atoms with Gasteiger partial charge in [-0.05, 0) is 19.8 Å². The minimum absolute atomic E-state index is 0.182. The first kappa shape index (κ1) is 7.52. The number of nitrogens with zero attached hydrogens (tertiary/aromatic N) is 1. The van der Waals surface area contributed by atoms with Gasteiger partial charge in [0.2, 0.25) is 0 Å². The lowest BCUT2D eigenvalue weighted by atomic mass is 10.0. The molecule has 1 N–H and O–H groups in total. The summed E-state index contributed by atoms with van der Waals surface area (Å²) in [4.78, 5) is 0. The second-order valence-electron chi connectivity index (χ2n) is 2.60. The number of hydrogen-bond donors (Lipinski definition) is 1. The van der Waals surface area contributed by atoms with E-state index < -0.39 is 0 Å². The van der Waals surface area contributed by atoms with Gasteiger partial charge in [0, 0.05) is 0 Å². The summed E-state index contributed by atoms with van der Waals surface area (Å²) in [7, 11) is 0. The van der Waals surface area contributed by atoms with Gasteiger partial charge in [-0.15, -0.1) is 0 Å². The molecule has 10 heavy (non-hydrogen) atoms. The molecule has 0 spiro atoms. The lowest BCUT2D eigenvalue weighted by Gasteiger charge is -2.27. The Labute approximate surface area is 60.2 Å². The van der Waals surface area contributed by atoms with Crippen LogP contribution in [0.15, 0.2) is 0 Å². The lowest BCUT2D eigenvalue weighted by Crippen LogP contribution is -2.35. The van der Waals surface area contributed by atoms with Crippen molar-refractivity contribution in [3.05, 3.63) is 0 Å². The highest BCUT2D eigenvalue weighted by Crippen LogP contribution is 2.18. The van der Waals surface area contributed by atoms with Crippen LogP contribution < -0.4 is 0 Å². The van der Waals surface area contributed by atoms with E-state index in [0.717, 1.165) is 0 Å². The molecule has 0 aliphatic carbocycles. The highest BCUT2D eigenvalue weighted by molar-refractivity contribution is 4.89. The predicted octanol–water partition coefficient (Wildman–Crippen LogP) is 0.438. The van der Waals surface area contributed by atoms with Crippen LogP contribution in [0.4, 0.5) is 0 Å². The molecule has 1 heterocycles. The zero-order chi connectivity index (χ0) is 7.56. The number of aliphatic hydroxyl groups is 1. The van der Waals surface area contributed by atoms with Crippen LogP contribution in [0.5, 0.6) is 0 Å². The van der Waals surface area contributed by atoms with Crippen molar-refractivity contribution in [3.63, 3.8) is 0 Å². The van der Waals surface area contributed by atoms with Crippen LogP contribution in [-0.4, -0.2) is 23.4 Å². The quantitative estimate of drug-likeness (QED) is 0.532. The Morgan fingerprint density at radius 2 is 2.30 bits per heavy atom. The minimum atomic E-state index is -0.385. The van der Waals surface area contributed by atoms with Gasteiger partial charge in [-0.3, -0.25) is 0 Å². The molecule has 0 aromatic carbocycles. The van der Waals surface area contributed by atoms with E-state index in [1.807, 2.05) is 6.07 Å². The molecular weight excluding hydrogens is 130 g/mol. The zero-order valence-corrected chi connectivity index (χ0v) is 5.95. The highest BCUT2D eigenvalue weighted by atomic mass is 16.5. The fraction of sp³-hybridized carbons (Fsp3) is 0.857. The summed E-state index contributed by atoms with van der Waals surface area (Å²) in [5.74, 6) is 0. The van der Waals surface area contributed by atoms with E-state index in [9.17, 15) is 0 Å². The zero-order valence-electron chi connectivity index (χ0n) is 5.95. The molecule has 1 rings (SSSR count). The molecule has 0 aromatic heterocycles. The van der Waals surface area contributed by atoms with Crippen LogP contribution in [0, 0.1) is 11.3 Å². The number of nitriles is 1. The Hall–Kier alpha value is -0.590. The van der Waals surface area contributed by atoms with E-state index in [0.29, 0.717) is 12.8 Å². The van der Waals surface area contributed by atoms with E-state index >= 15 is 0 Å². The molecule has 1 aliphatic heterocycles. The summed E-state index contributed by atoms with van der Waals surface area (Å²) >= 11 is 0. The summed E-state index contributed by atoms with van der Waals surface area (Å²) in [6, 6.07) is 2.02. The van der Waals surface area contributed by atoms with Gasteiger partial charge < -0.3 is 9.84 Å². The van der Waals surface area contributed by atoms with Crippen LogP contribution in [0.2, 0.25) is 0 Å². The third-order valence-electron chi connectivity index (χ3n) is 1.79. The van der Waals surface area contributed by atoms with Gasteiger partial charge in [-0.2, -0.15) is 5.26 Å². The van der Waals surface area contributed by atoms with Crippen molar-refractivity contribution in [3.8, 4) is 6.07 Å². The molecule has 0 aromatic rings. The van der Waals surface area contributed by atoms with Crippen molar-refractivity contribution >= 4 is 0 Å². The predicted molar refractivity (Wildman–Crippen MR) is 35.2 cm³/mol. The monoisotopic (exact) mass is 141 g/mol. The first-order valence-electron chi connectivity index (χ1n) is 3.47. The summed E-state index contributed by atoms with van der Waals surface area (Å²) in [6.45, 7) is 1.79. The maximum absolute atomic E-state index is 9.16. The van der Waals surface area contributed by atoms with Gasteiger partial charge >= 0.3 is 0 Å². The average molecular weight is 141 g/mol. The van der Waals surface area contributed by atoms with Crippen LogP contribution >= 0.6 is 0 Å². The third kappa shape index (κ3) is 1.47. The fourth-order valence-electron chi connectivity index (χ4n) is 1.07. The van der Waals surface area contributed by atoms with Gasteiger partial charge in [-0.1, -0.05) is 0 Å². The summed E-state index contributed by atoms with van der Waals surface area (Å²) < 4.78 is 5.14. The van der Waals surface area contributed by atoms with Gasteiger partial charge in [0.05, 0.1) is 18.3 Å². The van der Waals surface area contributed by atoms with E-state index in [1.165, 1.54) is 0 Å². The Bertz CT molecular complexity index is 152. The average Bonchev–Trinajstić information content (AvgIpc) is 1.95. The van der Waals surface area contributed by atoms with Crippen LogP contribution in [-0.2, 0) is 4.74 Å². The van der Waals surface area contributed by atoms with Crippen molar-refractivity contribution in [2.45, 2.75) is 38.1 Å². The topological polar surface area (TPSA) is 53.2 Å². The summed E-state index contributed by atoms with van der Waals surface area (Å²) in [6.07, 6.45) is 0.461. The summed E-state index contributed by atoms with van der Waals surface area (Å²) in [5.41, 5.74) is 0. The van der Waals surface area contributed by atoms with Crippen molar-refractivity contribution < 1.29 is 9.84 Å².